The molecule has 0 aliphatic carbocycles. The zero-order chi connectivity index (χ0) is 13.2. The number of aliphatic hydroxyl groups is 1. The summed E-state index contributed by atoms with van der Waals surface area (Å²) in [4.78, 5) is 11.7. The second-order valence-electron chi connectivity index (χ2n) is 4.57. The van der Waals surface area contributed by atoms with Gasteiger partial charge >= 0.3 is 0 Å². The molecule has 1 aromatic rings. The van der Waals surface area contributed by atoms with Crippen molar-refractivity contribution in [2.24, 2.45) is 0 Å². The van der Waals surface area contributed by atoms with E-state index in [1.165, 1.54) is 19.3 Å². The van der Waals surface area contributed by atoms with Crippen LogP contribution in [0.2, 0.25) is 0 Å². The maximum absolute atomic E-state index is 11.7. The molecule has 0 bridgehead atoms. The van der Waals surface area contributed by atoms with Crippen molar-refractivity contribution in [3.8, 4) is 0 Å². The van der Waals surface area contributed by atoms with Crippen LogP contribution in [0, 0.1) is 0 Å². The molecule has 2 N–H and O–H groups in total. The van der Waals surface area contributed by atoms with Gasteiger partial charge in [0.15, 0.2) is 0 Å². The maximum atomic E-state index is 11.7. The molecule has 0 aliphatic heterocycles. The first kappa shape index (κ1) is 14.7. The molecular weight excluding hydrogens is 226 g/mol. The molecule has 1 rings (SSSR count). The molecule has 1 aromatic carbocycles. The highest BCUT2D eigenvalue weighted by Gasteiger charge is 2.02. The number of rotatable bonds is 8. The van der Waals surface area contributed by atoms with Gasteiger partial charge in [-0.15, -0.1) is 0 Å². The van der Waals surface area contributed by atoms with E-state index in [1.54, 1.807) is 6.07 Å². The Hall–Kier alpha value is -1.35. The Kier molecular flexibility index (Phi) is 7.11. The minimum absolute atomic E-state index is 0.000722. The SMILES string of the molecule is CCCCCCCC(=O)Nc1cccc(CO)c1. The zero-order valence-electron chi connectivity index (χ0n) is 11.1. The molecule has 0 aliphatic rings. The van der Waals surface area contributed by atoms with Crippen LogP contribution in [-0.2, 0) is 11.4 Å². The highest BCUT2D eigenvalue weighted by molar-refractivity contribution is 5.90. The van der Waals surface area contributed by atoms with Crippen molar-refractivity contribution in [2.75, 3.05) is 5.32 Å². The normalized spacial score (nSPS) is 10.3. The van der Waals surface area contributed by atoms with E-state index in [-0.39, 0.29) is 12.5 Å². The number of amides is 1. The number of anilines is 1. The lowest BCUT2D eigenvalue weighted by molar-refractivity contribution is -0.116. The van der Waals surface area contributed by atoms with Crippen molar-refractivity contribution in [3.63, 3.8) is 0 Å². The summed E-state index contributed by atoms with van der Waals surface area (Å²) in [5.41, 5.74) is 1.58. The minimum atomic E-state index is 0.000722. The predicted molar refractivity (Wildman–Crippen MR) is 74.4 cm³/mol. The first-order valence-electron chi connectivity index (χ1n) is 6.76. The van der Waals surface area contributed by atoms with Crippen molar-refractivity contribution >= 4 is 11.6 Å². The average Bonchev–Trinajstić information content (AvgIpc) is 2.38. The van der Waals surface area contributed by atoms with Crippen LogP contribution in [0.5, 0.6) is 0 Å². The van der Waals surface area contributed by atoms with E-state index in [0.29, 0.717) is 6.42 Å². The molecule has 0 saturated heterocycles. The summed E-state index contributed by atoms with van der Waals surface area (Å²) in [7, 11) is 0. The number of hydrogen-bond donors (Lipinski definition) is 2. The fourth-order valence-corrected chi connectivity index (χ4v) is 1.86. The van der Waals surface area contributed by atoms with E-state index in [2.05, 4.69) is 12.2 Å². The summed E-state index contributed by atoms with van der Waals surface area (Å²) in [5, 5.41) is 11.9. The maximum Gasteiger partial charge on any atom is 0.224 e. The topological polar surface area (TPSA) is 49.3 Å². The van der Waals surface area contributed by atoms with E-state index in [4.69, 9.17) is 5.11 Å². The predicted octanol–water partition coefficient (Wildman–Crippen LogP) is 3.48. The van der Waals surface area contributed by atoms with Crippen LogP contribution < -0.4 is 5.32 Å². The molecule has 0 heterocycles. The smallest absolute Gasteiger partial charge is 0.224 e. The Morgan fingerprint density at radius 1 is 1.22 bits per heavy atom. The lowest BCUT2D eigenvalue weighted by Crippen LogP contribution is -2.11. The van der Waals surface area contributed by atoms with E-state index < -0.39 is 0 Å². The Labute approximate surface area is 109 Å². The molecule has 0 spiro atoms. The van der Waals surface area contributed by atoms with E-state index in [0.717, 1.165) is 24.1 Å². The number of unbranched alkanes of at least 4 members (excludes halogenated alkanes) is 4. The Morgan fingerprint density at radius 3 is 2.72 bits per heavy atom. The number of carbonyl (C=O) groups excluding carboxylic acids is 1. The van der Waals surface area contributed by atoms with Gasteiger partial charge in [-0.25, -0.2) is 0 Å². The summed E-state index contributed by atoms with van der Waals surface area (Å²) >= 11 is 0. The standard InChI is InChI=1S/C15H23NO2/c1-2-3-4-5-6-10-15(18)16-14-9-7-8-13(11-14)12-17/h7-9,11,17H,2-6,10,12H2,1H3,(H,16,18). The van der Waals surface area contributed by atoms with Crippen molar-refractivity contribution in [1.29, 1.82) is 0 Å². The van der Waals surface area contributed by atoms with Crippen LogP contribution in [0.1, 0.15) is 51.0 Å². The molecule has 3 nitrogen and oxygen atoms in total. The lowest BCUT2D eigenvalue weighted by Gasteiger charge is -2.06. The molecule has 1 amide bonds. The number of aliphatic hydroxyl groups excluding tert-OH is 1. The fourth-order valence-electron chi connectivity index (χ4n) is 1.86. The first-order valence-corrected chi connectivity index (χ1v) is 6.76. The Bertz CT molecular complexity index is 363. The number of hydrogen-bond acceptors (Lipinski definition) is 2. The van der Waals surface area contributed by atoms with E-state index >= 15 is 0 Å². The van der Waals surface area contributed by atoms with Gasteiger partial charge in [0.05, 0.1) is 6.61 Å². The third-order valence-electron chi connectivity index (χ3n) is 2.90. The molecule has 3 heteroatoms. The van der Waals surface area contributed by atoms with Crippen LogP contribution in [-0.4, -0.2) is 11.0 Å². The average molecular weight is 249 g/mol. The summed E-state index contributed by atoms with van der Waals surface area (Å²) in [6.07, 6.45) is 6.33. The summed E-state index contributed by atoms with van der Waals surface area (Å²) in [5.74, 6) is 0.0570. The van der Waals surface area contributed by atoms with Crippen molar-refractivity contribution < 1.29 is 9.90 Å². The summed E-state index contributed by atoms with van der Waals surface area (Å²) < 4.78 is 0. The van der Waals surface area contributed by atoms with Gasteiger partial charge in [-0.3, -0.25) is 4.79 Å². The quantitative estimate of drug-likeness (QED) is 0.693. The monoisotopic (exact) mass is 249 g/mol. The molecule has 0 atom stereocenters. The summed E-state index contributed by atoms with van der Waals surface area (Å²) in [6.45, 7) is 2.18. The lowest BCUT2D eigenvalue weighted by atomic mass is 10.1. The van der Waals surface area contributed by atoms with Crippen LogP contribution in [0.4, 0.5) is 5.69 Å². The van der Waals surface area contributed by atoms with E-state index in [9.17, 15) is 4.79 Å². The second-order valence-corrected chi connectivity index (χ2v) is 4.57. The van der Waals surface area contributed by atoms with Crippen LogP contribution >= 0.6 is 0 Å². The molecule has 0 radical (unpaired) electrons. The molecule has 0 saturated carbocycles. The first-order chi connectivity index (χ1) is 8.76. The van der Waals surface area contributed by atoms with Gasteiger partial charge < -0.3 is 10.4 Å². The second kappa shape index (κ2) is 8.70. The van der Waals surface area contributed by atoms with Crippen molar-refractivity contribution in [2.45, 2.75) is 52.1 Å². The van der Waals surface area contributed by atoms with Gasteiger partial charge in [-0.05, 0) is 24.1 Å². The van der Waals surface area contributed by atoms with Crippen molar-refractivity contribution in [1.82, 2.24) is 0 Å². The third-order valence-corrected chi connectivity index (χ3v) is 2.90. The van der Waals surface area contributed by atoms with Gasteiger partial charge in [0.2, 0.25) is 5.91 Å². The Morgan fingerprint density at radius 2 is 2.00 bits per heavy atom. The molecule has 0 unspecified atom stereocenters. The minimum Gasteiger partial charge on any atom is -0.392 e. The molecule has 0 fully saturated rings. The fraction of sp³-hybridized carbons (Fsp3) is 0.533. The van der Waals surface area contributed by atoms with Gasteiger partial charge in [0.25, 0.3) is 0 Å². The zero-order valence-corrected chi connectivity index (χ0v) is 11.1. The third kappa shape index (κ3) is 5.82. The van der Waals surface area contributed by atoms with Crippen LogP contribution in [0.25, 0.3) is 0 Å². The number of nitrogens with one attached hydrogen (secondary N) is 1. The molecule has 100 valence electrons. The van der Waals surface area contributed by atoms with Gasteiger partial charge in [0, 0.05) is 12.1 Å². The van der Waals surface area contributed by atoms with E-state index in [1.807, 2.05) is 18.2 Å². The van der Waals surface area contributed by atoms with Gasteiger partial charge in [0.1, 0.15) is 0 Å². The largest absolute Gasteiger partial charge is 0.392 e. The number of carbonyl (C=O) groups is 1. The highest BCUT2D eigenvalue weighted by atomic mass is 16.3. The number of benzene rings is 1. The molecule has 0 aromatic heterocycles. The Balaban J connectivity index is 2.26. The van der Waals surface area contributed by atoms with Gasteiger partial charge in [-0.2, -0.15) is 0 Å². The molecule has 18 heavy (non-hydrogen) atoms. The van der Waals surface area contributed by atoms with Crippen LogP contribution in [0.15, 0.2) is 24.3 Å². The highest BCUT2D eigenvalue weighted by Crippen LogP contribution is 2.12. The van der Waals surface area contributed by atoms with Crippen molar-refractivity contribution in [3.05, 3.63) is 29.8 Å². The van der Waals surface area contributed by atoms with Gasteiger partial charge in [-0.1, -0.05) is 44.7 Å². The molecular formula is C15H23NO2. The summed E-state index contributed by atoms with van der Waals surface area (Å²) in [6, 6.07) is 7.31. The van der Waals surface area contributed by atoms with Crippen LogP contribution in [0.3, 0.4) is 0 Å².